The Morgan fingerprint density at radius 1 is 0.326 bits per heavy atom. The van der Waals surface area contributed by atoms with Crippen molar-refractivity contribution in [3.8, 4) is 0 Å². The van der Waals surface area contributed by atoms with Gasteiger partial charge in [-0.3, -0.25) is 0 Å². The number of hydrogen-bond donors (Lipinski definition) is 0. The van der Waals surface area contributed by atoms with Gasteiger partial charge in [0.25, 0.3) is 0 Å². The van der Waals surface area contributed by atoms with Gasteiger partial charge in [-0.1, -0.05) is 115 Å². The Hall–Kier alpha value is -3.82. The van der Waals surface area contributed by atoms with E-state index in [1.165, 1.54) is 55.0 Å². The second-order valence-electron chi connectivity index (χ2n) is 12.8. The zero-order valence-electron chi connectivity index (χ0n) is 27.0. The number of hydrogen-bond acceptors (Lipinski definition) is 3. The maximum Gasteiger partial charge on any atom is 0.102 e. The lowest BCUT2D eigenvalue weighted by Crippen LogP contribution is -2.09. The largest absolute Gasteiger partial charge is 0.302 e. The van der Waals surface area contributed by atoms with Crippen molar-refractivity contribution in [2.75, 3.05) is 9.80 Å². The van der Waals surface area contributed by atoms with E-state index < -0.39 is 0 Å². The molecular weight excluding hydrogens is 541 g/mol. The van der Waals surface area contributed by atoms with E-state index in [1.807, 2.05) is 11.3 Å². The Balaban J connectivity index is 1.60. The summed E-state index contributed by atoms with van der Waals surface area (Å²) in [5.41, 5.74) is 10.1. The summed E-state index contributed by atoms with van der Waals surface area (Å²) >= 11 is 1.82. The normalized spacial score (nSPS) is 11.6. The first-order chi connectivity index (χ1) is 20.6. The van der Waals surface area contributed by atoms with E-state index in [1.54, 1.807) is 0 Å². The van der Waals surface area contributed by atoms with Crippen LogP contribution in [0.5, 0.6) is 0 Å². The standard InChI is InChI=1S/C40H46N2S/c1-27(2)31-9-17-35(18-10-31)41(36-19-11-32(12-20-36)28(3)4)39-25-26-40(43-39)42(37-21-13-33(14-22-37)29(5)6)38-23-15-34(16-24-38)30(7)8/h9-30H,1-8H3. The third-order valence-electron chi connectivity index (χ3n) is 8.29. The summed E-state index contributed by atoms with van der Waals surface area (Å²) in [7, 11) is 0. The van der Waals surface area contributed by atoms with Gasteiger partial charge in [-0.2, -0.15) is 0 Å². The average molecular weight is 587 g/mol. The minimum atomic E-state index is 0.499. The summed E-state index contributed by atoms with van der Waals surface area (Å²) in [6.45, 7) is 18.0. The molecule has 0 spiro atoms. The molecule has 0 radical (unpaired) electrons. The summed E-state index contributed by atoms with van der Waals surface area (Å²) in [6, 6.07) is 40.8. The molecule has 0 aliphatic heterocycles. The van der Waals surface area contributed by atoms with Crippen molar-refractivity contribution in [1.82, 2.24) is 0 Å². The quantitative estimate of drug-likeness (QED) is 0.161. The molecule has 0 bridgehead atoms. The molecule has 0 aliphatic carbocycles. The molecule has 0 atom stereocenters. The molecule has 4 aromatic carbocycles. The van der Waals surface area contributed by atoms with Crippen molar-refractivity contribution in [3.63, 3.8) is 0 Å². The number of rotatable bonds is 10. The average Bonchev–Trinajstić information content (AvgIpc) is 3.47. The highest BCUT2D eigenvalue weighted by atomic mass is 32.1. The molecule has 2 nitrogen and oxygen atoms in total. The van der Waals surface area contributed by atoms with Crippen LogP contribution in [0, 0.1) is 0 Å². The van der Waals surface area contributed by atoms with Crippen LogP contribution in [0.4, 0.5) is 32.8 Å². The Kier molecular flexibility index (Phi) is 9.42. The summed E-state index contributed by atoms with van der Waals surface area (Å²) in [4.78, 5) is 4.79. The molecule has 0 N–H and O–H groups in total. The van der Waals surface area contributed by atoms with E-state index in [0.717, 1.165) is 0 Å². The lowest BCUT2D eigenvalue weighted by atomic mass is 10.0. The van der Waals surface area contributed by atoms with E-state index in [-0.39, 0.29) is 0 Å². The summed E-state index contributed by atoms with van der Waals surface area (Å²) < 4.78 is 0. The van der Waals surface area contributed by atoms with Crippen LogP contribution in [0.2, 0.25) is 0 Å². The number of anilines is 6. The molecule has 1 heterocycles. The molecule has 0 amide bonds. The van der Waals surface area contributed by atoms with Gasteiger partial charge in [0.2, 0.25) is 0 Å². The Labute approximate surface area is 263 Å². The lowest BCUT2D eigenvalue weighted by Gasteiger charge is -2.26. The van der Waals surface area contributed by atoms with Crippen LogP contribution in [-0.4, -0.2) is 0 Å². The fourth-order valence-electron chi connectivity index (χ4n) is 5.40. The van der Waals surface area contributed by atoms with Crippen LogP contribution in [0.15, 0.2) is 109 Å². The molecule has 0 saturated carbocycles. The first-order valence-corrected chi connectivity index (χ1v) is 16.5. The molecule has 0 aliphatic rings. The van der Waals surface area contributed by atoms with E-state index in [0.29, 0.717) is 23.7 Å². The molecular formula is C40H46N2S. The van der Waals surface area contributed by atoms with Gasteiger partial charge in [-0.05, 0) is 107 Å². The predicted molar refractivity (Wildman–Crippen MR) is 190 cm³/mol. The summed E-state index contributed by atoms with van der Waals surface area (Å²) in [5.74, 6) is 2.00. The Bertz CT molecular complexity index is 1370. The van der Waals surface area contributed by atoms with Crippen LogP contribution < -0.4 is 9.80 Å². The smallest absolute Gasteiger partial charge is 0.102 e. The predicted octanol–water partition coefficient (Wildman–Crippen LogP) is 13.2. The van der Waals surface area contributed by atoms with Gasteiger partial charge >= 0.3 is 0 Å². The Morgan fingerprint density at radius 2 is 0.535 bits per heavy atom. The van der Waals surface area contributed by atoms with Crippen LogP contribution >= 0.6 is 11.3 Å². The molecule has 5 aromatic rings. The van der Waals surface area contributed by atoms with Gasteiger partial charge in [-0.25, -0.2) is 0 Å². The van der Waals surface area contributed by atoms with Crippen LogP contribution in [0.1, 0.15) is 101 Å². The van der Waals surface area contributed by atoms with Gasteiger partial charge in [0.1, 0.15) is 10.0 Å². The van der Waals surface area contributed by atoms with Crippen LogP contribution in [0.25, 0.3) is 0 Å². The molecule has 1 aromatic heterocycles. The molecule has 43 heavy (non-hydrogen) atoms. The topological polar surface area (TPSA) is 6.48 Å². The van der Waals surface area contributed by atoms with Crippen molar-refractivity contribution in [2.45, 2.75) is 79.1 Å². The molecule has 3 heteroatoms. The highest BCUT2D eigenvalue weighted by Crippen LogP contribution is 2.46. The van der Waals surface area contributed by atoms with Crippen molar-refractivity contribution < 1.29 is 0 Å². The molecule has 222 valence electrons. The van der Waals surface area contributed by atoms with Crippen LogP contribution in [0.3, 0.4) is 0 Å². The second kappa shape index (κ2) is 13.2. The zero-order valence-corrected chi connectivity index (χ0v) is 27.8. The minimum absolute atomic E-state index is 0.499. The Morgan fingerprint density at radius 3 is 0.721 bits per heavy atom. The van der Waals surface area contributed by atoms with Crippen molar-refractivity contribution in [3.05, 3.63) is 131 Å². The zero-order chi connectivity index (χ0) is 30.7. The third kappa shape index (κ3) is 6.89. The summed E-state index contributed by atoms with van der Waals surface area (Å²) in [5, 5.41) is 2.37. The highest BCUT2D eigenvalue weighted by Gasteiger charge is 2.20. The van der Waals surface area contributed by atoms with Gasteiger partial charge in [0.15, 0.2) is 0 Å². The number of nitrogens with zero attached hydrogens (tertiary/aromatic N) is 2. The maximum absolute atomic E-state index is 2.39. The van der Waals surface area contributed by atoms with Crippen LogP contribution in [-0.2, 0) is 0 Å². The van der Waals surface area contributed by atoms with Crippen molar-refractivity contribution in [2.24, 2.45) is 0 Å². The van der Waals surface area contributed by atoms with Gasteiger partial charge < -0.3 is 9.80 Å². The van der Waals surface area contributed by atoms with E-state index in [2.05, 4.69) is 174 Å². The van der Waals surface area contributed by atoms with Gasteiger partial charge in [0.05, 0.1) is 0 Å². The maximum atomic E-state index is 2.39. The first-order valence-electron chi connectivity index (χ1n) is 15.7. The number of benzene rings is 4. The fraction of sp³-hybridized carbons (Fsp3) is 0.300. The van der Waals surface area contributed by atoms with E-state index >= 15 is 0 Å². The first kappa shape index (κ1) is 30.6. The van der Waals surface area contributed by atoms with E-state index in [9.17, 15) is 0 Å². The fourth-order valence-corrected chi connectivity index (χ4v) is 6.49. The van der Waals surface area contributed by atoms with Crippen molar-refractivity contribution in [1.29, 1.82) is 0 Å². The highest BCUT2D eigenvalue weighted by molar-refractivity contribution is 7.20. The van der Waals surface area contributed by atoms with Crippen molar-refractivity contribution >= 4 is 44.1 Å². The number of thiophene rings is 1. The minimum Gasteiger partial charge on any atom is -0.302 e. The summed E-state index contributed by atoms with van der Waals surface area (Å²) in [6.07, 6.45) is 0. The SMILES string of the molecule is CC(C)c1ccc(N(c2ccc(C(C)C)cc2)c2ccc(N(c3ccc(C(C)C)cc3)c3ccc(C(C)C)cc3)s2)cc1. The third-order valence-corrected chi connectivity index (χ3v) is 9.35. The van der Waals surface area contributed by atoms with Gasteiger partial charge in [0, 0.05) is 22.7 Å². The van der Waals surface area contributed by atoms with Gasteiger partial charge in [-0.15, -0.1) is 0 Å². The second-order valence-corrected chi connectivity index (χ2v) is 13.8. The molecule has 0 fully saturated rings. The monoisotopic (exact) mass is 586 g/mol. The molecule has 0 unspecified atom stereocenters. The lowest BCUT2D eigenvalue weighted by molar-refractivity contribution is 0.866. The molecule has 5 rings (SSSR count). The molecule has 0 saturated heterocycles. The van der Waals surface area contributed by atoms with E-state index in [4.69, 9.17) is 0 Å².